The molecule has 0 aliphatic carbocycles. The van der Waals surface area contributed by atoms with Gasteiger partial charge in [-0.2, -0.15) is 0 Å². The first kappa shape index (κ1) is 8.98. The van der Waals surface area contributed by atoms with E-state index in [0.717, 1.165) is 0 Å². The maximum Gasteiger partial charge on any atom is 0.0786 e. The van der Waals surface area contributed by atoms with Gasteiger partial charge in [0.05, 0.1) is 6.04 Å². The van der Waals surface area contributed by atoms with Crippen LogP contribution in [0, 0.1) is 0 Å². The van der Waals surface area contributed by atoms with Crippen LogP contribution < -0.4 is 5.73 Å². The Morgan fingerprint density at radius 2 is 1.40 bits per heavy atom. The van der Waals surface area contributed by atoms with Crippen LogP contribution in [0.2, 0.25) is 0 Å². The number of rotatable bonds is 0. The first-order valence-electron chi connectivity index (χ1n) is 1.56. The summed E-state index contributed by atoms with van der Waals surface area (Å²) in [7, 11) is 0. The molecule has 5 heavy (non-hydrogen) atoms. The molecule has 0 atom stereocenters. The fourth-order valence-corrected chi connectivity index (χ4v) is 0. The normalized spacial score (nSPS) is 7.20. The highest BCUT2D eigenvalue weighted by Crippen LogP contribution is 1.53. The van der Waals surface area contributed by atoms with E-state index >= 15 is 0 Å². The third-order valence-electron chi connectivity index (χ3n) is 0. The molecule has 34 valence electrons. The van der Waals surface area contributed by atoms with E-state index in [2.05, 4.69) is 19.6 Å². The lowest BCUT2D eigenvalue weighted by atomic mass is 10.5. The van der Waals surface area contributed by atoms with Crippen LogP contribution in [0.4, 0.5) is 0 Å². The van der Waals surface area contributed by atoms with Gasteiger partial charge >= 0.3 is 0 Å². The third-order valence-corrected chi connectivity index (χ3v) is 0. The minimum Gasteiger partial charge on any atom is -0.356 e. The zero-order valence-electron chi connectivity index (χ0n) is 3.69. The Morgan fingerprint density at radius 3 is 1.40 bits per heavy atom. The Bertz CT molecular complexity index is 11.6. The minimum atomic E-state index is 0. The van der Waals surface area contributed by atoms with Gasteiger partial charge in [-0.3, -0.25) is 0 Å². The third kappa shape index (κ3) is 344. The fourth-order valence-electron chi connectivity index (χ4n) is 0. The number of hydrogen-bond acceptors (Lipinski definition) is 0. The second-order valence-electron chi connectivity index (χ2n) is 1.39. The number of hydrogen-bond donors (Lipinski definition) is 1. The van der Waals surface area contributed by atoms with Crippen molar-refractivity contribution in [2.45, 2.75) is 19.9 Å². The Hall–Kier alpha value is 0.250. The Kier molecular flexibility index (Phi) is 7.63. The molecule has 0 spiro atoms. The van der Waals surface area contributed by atoms with Gasteiger partial charge in [-0.25, -0.2) is 0 Å². The standard InChI is InChI=1S/C3H9N.ClH/c1-3(2)4;/h3H,4H2,1-2H3;1H/p+1. The summed E-state index contributed by atoms with van der Waals surface area (Å²) < 4.78 is 0. The summed E-state index contributed by atoms with van der Waals surface area (Å²) >= 11 is 0. The van der Waals surface area contributed by atoms with E-state index in [0.29, 0.717) is 6.04 Å². The average molecular weight is 96.6 g/mol. The molecule has 0 heterocycles. The lowest BCUT2D eigenvalue weighted by Gasteiger charge is -1.77. The van der Waals surface area contributed by atoms with Crippen LogP contribution in [-0.4, -0.2) is 6.04 Å². The molecule has 0 aliphatic rings. The second kappa shape index (κ2) is 4.25. The highest BCUT2D eigenvalue weighted by molar-refractivity contribution is 5.85. The molecule has 1 nitrogen and oxygen atoms in total. The van der Waals surface area contributed by atoms with Crippen LogP contribution in [0.5, 0.6) is 0 Å². The van der Waals surface area contributed by atoms with E-state index in [1.54, 1.807) is 0 Å². The Labute approximate surface area is 39.0 Å². The quantitative estimate of drug-likeness (QED) is 0.442. The summed E-state index contributed by atoms with van der Waals surface area (Å²) in [5.41, 5.74) is 3.64. The first-order valence-corrected chi connectivity index (χ1v) is 1.56. The summed E-state index contributed by atoms with van der Waals surface area (Å²) in [6.45, 7) is 4.11. The van der Waals surface area contributed by atoms with Gasteiger partial charge in [0.1, 0.15) is 0 Å². The smallest absolute Gasteiger partial charge is 0.0786 e. The molecule has 0 radical (unpaired) electrons. The largest absolute Gasteiger partial charge is 0.356 e. The monoisotopic (exact) mass is 96.1 g/mol. The molecule has 0 aromatic heterocycles. The van der Waals surface area contributed by atoms with Gasteiger partial charge in [0.25, 0.3) is 0 Å². The van der Waals surface area contributed by atoms with Crippen molar-refractivity contribution in [3.8, 4) is 0 Å². The molecule has 0 saturated carbocycles. The lowest BCUT2D eigenvalue weighted by Crippen LogP contribution is -2.57. The zero-order chi connectivity index (χ0) is 3.58. The molecule has 0 bridgehead atoms. The molecule has 0 aromatic rings. The molecule has 0 aliphatic heterocycles. The molecule has 0 saturated heterocycles. The Morgan fingerprint density at radius 1 is 1.40 bits per heavy atom. The molecule has 0 rings (SSSR count). The summed E-state index contributed by atoms with van der Waals surface area (Å²) in [4.78, 5) is 0. The van der Waals surface area contributed by atoms with Crippen molar-refractivity contribution >= 4 is 12.4 Å². The maximum absolute atomic E-state index is 3.64. The van der Waals surface area contributed by atoms with E-state index in [1.165, 1.54) is 0 Å². The van der Waals surface area contributed by atoms with Crippen LogP contribution in [0.15, 0.2) is 0 Å². The van der Waals surface area contributed by atoms with Crippen LogP contribution in [0.25, 0.3) is 0 Å². The molecule has 2 heteroatoms. The maximum atomic E-state index is 3.64. The van der Waals surface area contributed by atoms with Crippen LogP contribution in [-0.2, 0) is 0 Å². The van der Waals surface area contributed by atoms with E-state index < -0.39 is 0 Å². The topological polar surface area (TPSA) is 27.6 Å². The lowest BCUT2D eigenvalue weighted by molar-refractivity contribution is -0.407. The van der Waals surface area contributed by atoms with Gasteiger partial charge in [0.2, 0.25) is 0 Å². The molecular weight excluding hydrogens is 85.5 g/mol. The average Bonchev–Trinajstić information content (AvgIpc) is 0.811. The molecule has 0 fully saturated rings. The van der Waals surface area contributed by atoms with E-state index in [-0.39, 0.29) is 12.4 Å². The summed E-state index contributed by atoms with van der Waals surface area (Å²) in [5.74, 6) is 0. The molecule has 3 N–H and O–H groups in total. The molecule has 0 unspecified atom stereocenters. The SMILES string of the molecule is CC(C)[NH3+].Cl. The van der Waals surface area contributed by atoms with Crippen molar-refractivity contribution in [2.24, 2.45) is 0 Å². The van der Waals surface area contributed by atoms with Gasteiger partial charge in [-0.05, 0) is 13.8 Å². The summed E-state index contributed by atoms with van der Waals surface area (Å²) in [6, 6.07) is 0.583. The predicted octanol–water partition coefficient (Wildman–Crippen LogP) is 0.0585. The van der Waals surface area contributed by atoms with Gasteiger partial charge < -0.3 is 5.73 Å². The fraction of sp³-hybridized carbons (Fsp3) is 1.00. The van der Waals surface area contributed by atoms with Gasteiger partial charge in [-0.15, -0.1) is 12.4 Å². The second-order valence-corrected chi connectivity index (χ2v) is 1.39. The van der Waals surface area contributed by atoms with Crippen molar-refractivity contribution in [3.05, 3.63) is 0 Å². The van der Waals surface area contributed by atoms with Crippen LogP contribution in [0.3, 0.4) is 0 Å². The van der Waals surface area contributed by atoms with Crippen LogP contribution in [0.1, 0.15) is 13.8 Å². The van der Waals surface area contributed by atoms with Crippen LogP contribution >= 0.6 is 12.4 Å². The molecule has 0 aromatic carbocycles. The molecule has 0 amide bonds. The highest BCUT2D eigenvalue weighted by Gasteiger charge is 1.72. The Balaban J connectivity index is 0. The van der Waals surface area contributed by atoms with Crippen molar-refractivity contribution in [1.29, 1.82) is 0 Å². The van der Waals surface area contributed by atoms with E-state index in [4.69, 9.17) is 0 Å². The highest BCUT2D eigenvalue weighted by atomic mass is 35.5. The number of halogens is 1. The molecular formula is C3H11ClN+. The summed E-state index contributed by atoms with van der Waals surface area (Å²) in [5, 5.41) is 0. The van der Waals surface area contributed by atoms with Crippen molar-refractivity contribution in [2.75, 3.05) is 0 Å². The summed E-state index contributed by atoms with van der Waals surface area (Å²) in [6.07, 6.45) is 0. The van der Waals surface area contributed by atoms with Crippen molar-refractivity contribution in [1.82, 2.24) is 0 Å². The number of quaternary nitrogens is 1. The minimum absolute atomic E-state index is 0. The predicted molar refractivity (Wildman–Crippen MR) is 25.3 cm³/mol. The first-order chi connectivity index (χ1) is 1.73. The van der Waals surface area contributed by atoms with Gasteiger partial charge in [-0.1, -0.05) is 0 Å². The van der Waals surface area contributed by atoms with Crippen molar-refractivity contribution in [3.63, 3.8) is 0 Å². The zero-order valence-corrected chi connectivity index (χ0v) is 4.51. The van der Waals surface area contributed by atoms with Gasteiger partial charge in [0.15, 0.2) is 0 Å². The van der Waals surface area contributed by atoms with Crippen molar-refractivity contribution < 1.29 is 5.73 Å². The van der Waals surface area contributed by atoms with Gasteiger partial charge in [0, 0.05) is 0 Å². The van der Waals surface area contributed by atoms with E-state index in [1.807, 2.05) is 0 Å². The van der Waals surface area contributed by atoms with E-state index in [9.17, 15) is 0 Å².